The third kappa shape index (κ3) is 3.93. The second-order valence-corrected chi connectivity index (χ2v) is 7.07. The average Bonchev–Trinajstić information content (AvgIpc) is 2.91. The minimum absolute atomic E-state index is 0.0989. The number of fused-ring (bicyclic) bond motifs is 1. The van der Waals surface area contributed by atoms with Crippen molar-refractivity contribution in [3.05, 3.63) is 62.7 Å². The molecule has 1 heterocycles. The molecule has 2 aromatic carbocycles. The SMILES string of the molecule is Cc1c(C(=O)OCC(=O)Nc2ccccc2Br)oc2ccc(Br)cc12. The number of benzene rings is 2. The van der Waals surface area contributed by atoms with E-state index in [1.165, 1.54) is 0 Å². The first-order valence-corrected chi connectivity index (χ1v) is 8.94. The topological polar surface area (TPSA) is 68.5 Å². The molecule has 1 amide bonds. The van der Waals surface area contributed by atoms with E-state index in [9.17, 15) is 9.59 Å². The quantitative estimate of drug-likeness (QED) is 0.545. The molecule has 0 fully saturated rings. The Morgan fingerprint density at radius 2 is 1.92 bits per heavy atom. The number of carbonyl (C=O) groups excluding carboxylic acids is 2. The van der Waals surface area contributed by atoms with Crippen molar-refractivity contribution in [1.82, 2.24) is 0 Å². The third-order valence-electron chi connectivity index (χ3n) is 3.57. The van der Waals surface area contributed by atoms with Gasteiger partial charge >= 0.3 is 5.97 Å². The van der Waals surface area contributed by atoms with Crippen LogP contribution in [0.15, 0.2) is 55.8 Å². The molecule has 0 bridgehead atoms. The molecule has 7 heteroatoms. The van der Waals surface area contributed by atoms with E-state index in [-0.39, 0.29) is 5.76 Å². The summed E-state index contributed by atoms with van der Waals surface area (Å²) in [6.07, 6.45) is 0. The van der Waals surface area contributed by atoms with Gasteiger partial charge in [0.15, 0.2) is 6.61 Å². The van der Waals surface area contributed by atoms with Crippen LogP contribution in [0.25, 0.3) is 11.0 Å². The molecular formula is C18H13Br2NO4. The summed E-state index contributed by atoms with van der Waals surface area (Å²) in [6.45, 7) is 1.37. The van der Waals surface area contributed by atoms with Gasteiger partial charge in [0.25, 0.3) is 5.91 Å². The Morgan fingerprint density at radius 1 is 1.16 bits per heavy atom. The molecule has 3 rings (SSSR count). The highest BCUT2D eigenvalue weighted by Gasteiger charge is 2.20. The van der Waals surface area contributed by atoms with Gasteiger partial charge < -0.3 is 14.5 Å². The summed E-state index contributed by atoms with van der Waals surface area (Å²) in [4.78, 5) is 24.2. The van der Waals surface area contributed by atoms with Crippen LogP contribution in [0, 0.1) is 6.92 Å². The summed E-state index contributed by atoms with van der Waals surface area (Å²) in [6, 6.07) is 12.6. The van der Waals surface area contributed by atoms with Gasteiger partial charge in [-0.15, -0.1) is 0 Å². The lowest BCUT2D eigenvalue weighted by molar-refractivity contribution is -0.119. The number of halogens is 2. The zero-order valence-electron chi connectivity index (χ0n) is 13.1. The fourth-order valence-corrected chi connectivity index (χ4v) is 3.08. The van der Waals surface area contributed by atoms with E-state index < -0.39 is 18.5 Å². The Kier molecular flexibility index (Phi) is 5.24. The zero-order chi connectivity index (χ0) is 18.0. The highest BCUT2D eigenvalue weighted by molar-refractivity contribution is 9.10. The standard InChI is InChI=1S/C18H13Br2NO4/c1-10-12-8-11(19)6-7-15(12)25-17(10)18(23)24-9-16(22)21-14-5-3-2-4-13(14)20/h2-8H,9H2,1H3,(H,21,22). The number of hydrogen-bond acceptors (Lipinski definition) is 4. The van der Waals surface area contributed by atoms with Crippen molar-refractivity contribution in [2.24, 2.45) is 0 Å². The zero-order valence-corrected chi connectivity index (χ0v) is 16.3. The number of esters is 1. The normalized spacial score (nSPS) is 10.7. The fourth-order valence-electron chi connectivity index (χ4n) is 2.33. The van der Waals surface area contributed by atoms with Gasteiger partial charge in [-0.3, -0.25) is 4.79 Å². The molecule has 0 unspecified atom stereocenters. The van der Waals surface area contributed by atoms with Gasteiger partial charge in [0.1, 0.15) is 5.58 Å². The van der Waals surface area contributed by atoms with Gasteiger partial charge in [0.2, 0.25) is 5.76 Å². The highest BCUT2D eigenvalue weighted by Crippen LogP contribution is 2.28. The molecule has 5 nitrogen and oxygen atoms in total. The van der Waals surface area contributed by atoms with Gasteiger partial charge in [-0.2, -0.15) is 0 Å². The average molecular weight is 467 g/mol. The molecule has 1 aromatic heterocycles. The first kappa shape index (κ1) is 17.7. The molecule has 1 N–H and O–H groups in total. The monoisotopic (exact) mass is 465 g/mol. The van der Waals surface area contributed by atoms with Crippen LogP contribution in [0.3, 0.4) is 0 Å². The van der Waals surface area contributed by atoms with Crippen LogP contribution in [-0.4, -0.2) is 18.5 Å². The molecule has 0 saturated heterocycles. The second kappa shape index (κ2) is 7.41. The van der Waals surface area contributed by atoms with E-state index in [1.54, 1.807) is 31.2 Å². The Morgan fingerprint density at radius 3 is 2.68 bits per heavy atom. The van der Waals surface area contributed by atoms with Crippen LogP contribution in [0.4, 0.5) is 5.69 Å². The van der Waals surface area contributed by atoms with Gasteiger partial charge in [-0.05, 0) is 53.2 Å². The highest BCUT2D eigenvalue weighted by atomic mass is 79.9. The number of furan rings is 1. The van der Waals surface area contributed by atoms with E-state index in [0.29, 0.717) is 16.8 Å². The summed E-state index contributed by atoms with van der Waals surface area (Å²) in [7, 11) is 0. The van der Waals surface area contributed by atoms with Gasteiger partial charge in [0, 0.05) is 19.9 Å². The molecule has 0 spiro atoms. The van der Waals surface area contributed by atoms with Crippen LogP contribution in [0.5, 0.6) is 0 Å². The Balaban J connectivity index is 1.67. The molecule has 0 aliphatic rings. The molecule has 0 aliphatic carbocycles. The largest absolute Gasteiger partial charge is 0.450 e. The number of amides is 1. The number of rotatable bonds is 4. The van der Waals surface area contributed by atoms with Crippen LogP contribution in [0.1, 0.15) is 16.1 Å². The van der Waals surface area contributed by atoms with Gasteiger partial charge in [-0.25, -0.2) is 4.79 Å². The summed E-state index contributed by atoms with van der Waals surface area (Å²) in [5, 5.41) is 3.48. The van der Waals surface area contributed by atoms with Crippen LogP contribution in [0.2, 0.25) is 0 Å². The number of ether oxygens (including phenoxy) is 1. The molecule has 0 atom stereocenters. The lowest BCUT2D eigenvalue weighted by atomic mass is 10.1. The third-order valence-corrected chi connectivity index (χ3v) is 4.75. The number of nitrogens with one attached hydrogen (secondary N) is 1. The van der Waals surface area contributed by atoms with Crippen molar-refractivity contribution in [3.63, 3.8) is 0 Å². The van der Waals surface area contributed by atoms with Gasteiger partial charge in [0.05, 0.1) is 5.69 Å². The Labute approximate surface area is 160 Å². The van der Waals surface area contributed by atoms with Crippen molar-refractivity contribution in [2.75, 3.05) is 11.9 Å². The molecule has 0 saturated carbocycles. The first-order valence-electron chi connectivity index (χ1n) is 7.36. The lowest BCUT2D eigenvalue weighted by Gasteiger charge is -2.07. The van der Waals surface area contributed by atoms with Crippen LogP contribution in [-0.2, 0) is 9.53 Å². The summed E-state index contributed by atoms with van der Waals surface area (Å²) in [5.41, 5.74) is 1.87. The molecule has 0 radical (unpaired) electrons. The fraction of sp³-hybridized carbons (Fsp3) is 0.111. The molecule has 25 heavy (non-hydrogen) atoms. The molecule has 3 aromatic rings. The summed E-state index contributed by atoms with van der Waals surface area (Å²) >= 11 is 6.72. The minimum atomic E-state index is -0.674. The smallest absolute Gasteiger partial charge is 0.375 e. The van der Waals surface area contributed by atoms with Crippen molar-refractivity contribution >= 4 is 60.4 Å². The van der Waals surface area contributed by atoms with Crippen molar-refractivity contribution in [3.8, 4) is 0 Å². The molecule has 0 aliphatic heterocycles. The van der Waals surface area contributed by atoms with Crippen LogP contribution < -0.4 is 5.32 Å². The predicted octanol–water partition coefficient (Wildman–Crippen LogP) is 5.06. The minimum Gasteiger partial charge on any atom is -0.450 e. The number of hydrogen-bond donors (Lipinski definition) is 1. The van der Waals surface area contributed by atoms with Crippen molar-refractivity contribution in [2.45, 2.75) is 6.92 Å². The molecular weight excluding hydrogens is 454 g/mol. The Bertz CT molecular complexity index is 965. The number of anilines is 1. The second-order valence-electron chi connectivity index (χ2n) is 5.30. The van der Waals surface area contributed by atoms with E-state index >= 15 is 0 Å². The first-order chi connectivity index (χ1) is 12.0. The van der Waals surface area contributed by atoms with E-state index in [0.717, 1.165) is 14.3 Å². The van der Waals surface area contributed by atoms with E-state index in [4.69, 9.17) is 9.15 Å². The number of para-hydroxylation sites is 1. The number of carbonyl (C=O) groups is 2. The van der Waals surface area contributed by atoms with Crippen molar-refractivity contribution < 1.29 is 18.7 Å². The van der Waals surface area contributed by atoms with E-state index in [1.807, 2.05) is 18.2 Å². The Hall–Kier alpha value is -2.12. The van der Waals surface area contributed by atoms with Gasteiger partial charge in [-0.1, -0.05) is 28.1 Å². The molecule has 128 valence electrons. The number of aryl methyl sites for hydroxylation is 1. The van der Waals surface area contributed by atoms with E-state index in [2.05, 4.69) is 37.2 Å². The lowest BCUT2D eigenvalue weighted by Crippen LogP contribution is -2.21. The maximum Gasteiger partial charge on any atom is 0.375 e. The summed E-state index contributed by atoms with van der Waals surface area (Å²) < 4.78 is 12.3. The summed E-state index contributed by atoms with van der Waals surface area (Å²) in [5.74, 6) is -1.01. The van der Waals surface area contributed by atoms with Crippen molar-refractivity contribution in [1.29, 1.82) is 0 Å². The maximum atomic E-state index is 12.2. The van der Waals surface area contributed by atoms with Crippen LogP contribution >= 0.6 is 31.9 Å². The maximum absolute atomic E-state index is 12.2. The predicted molar refractivity (Wildman–Crippen MR) is 102 cm³/mol.